The van der Waals surface area contributed by atoms with Gasteiger partial charge in [-0.3, -0.25) is 0 Å². The zero-order chi connectivity index (χ0) is 8.27. The van der Waals surface area contributed by atoms with E-state index in [1.807, 2.05) is 13.2 Å². The van der Waals surface area contributed by atoms with Gasteiger partial charge in [0.1, 0.15) is 6.10 Å². The molecule has 3 nitrogen and oxygen atoms in total. The highest BCUT2D eigenvalue weighted by Crippen LogP contribution is 2.20. The van der Waals surface area contributed by atoms with Gasteiger partial charge in [-0.05, 0) is 24.7 Å². The number of hydrogen-bond acceptors (Lipinski definition) is 5. The Bertz CT molecular complexity index is 226. The van der Waals surface area contributed by atoms with Gasteiger partial charge >= 0.3 is 0 Å². The number of aromatic nitrogens is 2. The van der Waals surface area contributed by atoms with Crippen LogP contribution in [0.3, 0.4) is 0 Å². The summed E-state index contributed by atoms with van der Waals surface area (Å²) in [6.45, 7) is 1.94. The van der Waals surface area contributed by atoms with Crippen LogP contribution >= 0.6 is 23.3 Å². The van der Waals surface area contributed by atoms with Gasteiger partial charge in [0.2, 0.25) is 0 Å². The molecular weight excluding hydrogens is 180 g/mol. The third-order valence-corrected chi connectivity index (χ3v) is 3.00. The van der Waals surface area contributed by atoms with Gasteiger partial charge in [0.25, 0.3) is 0 Å². The van der Waals surface area contributed by atoms with E-state index < -0.39 is 0 Å². The number of rotatable bonds is 3. The summed E-state index contributed by atoms with van der Waals surface area (Å²) >= 11 is 3.02. The summed E-state index contributed by atoms with van der Waals surface area (Å²) in [5, 5.41) is 0. The van der Waals surface area contributed by atoms with Crippen molar-refractivity contribution in [2.75, 3.05) is 13.4 Å². The maximum atomic E-state index is 5.07. The van der Waals surface area contributed by atoms with Crippen molar-refractivity contribution in [3.05, 3.63) is 5.82 Å². The van der Waals surface area contributed by atoms with Crippen molar-refractivity contribution in [1.29, 1.82) is 0 Å². The van der Waals surface area contributed by atoms with E-state index in [0.717, 1.165) is 10.2 Å². The van der Waals surface area contributed by atoms with E-state index in [-0.39, 0.29) is 6.10 Å². The summed E-state index contributed by atoms with van der Waals surface area (Å²) < 4.78 is 10.2. The van der Waals surface area contributed by atoms with E-state index >= 15 is 0 Å². The van der Waals surface area contributed by atoms with Crippen LogP contribution in [0.1, 0.15) is 18.9 Å². The molecule has 0 bridgehead atoms. The monoisotopic (exact) mass is 190 g/mol. The summed E-state index contributed by atoms with van der Waals surface area (Å²) in [6.07, 6.45) is 1.99. The number of hydrogen-bond donors (Lipinski definition) is 0. The molecule has 0 aromatic carbocycles. The molecule has 1 atom stereocenters. The van der Waals surface area contributed by atoms with Gasteiger partial charge in [0.05, 0.1) is 0 Å². The minimum atomic E-state index is 0.00662. The normalized spacial score (nSPS) is 13.4. The van der Waals surface area contributed by atoms with E-state index in [1.165, 1.54) is 11.5 Å². The Morgan fingerprint density at radius 1 is 1.64 bits per heavy atom. The van der Waals surface area contributed by atoms with Crippen LogP contribution in [0.4, 0.5) is 0 Å². The second-order valence-corrected chi connectivity index (χ2v) is 3.81. The minimum Gasteiger partial charge on any atom is -0.374 e. The Balaban J connectivity index is 2.71. The molecule has 0 amide bonds. The lowest BCUT2D eigenvalue weighted by molar-refractivity contribution is 0.113. The van der Waals surface area contributed by atoms with Gasteiger partial charge in [-0.2, -0.15) is 4.37 Å². The van der Waals surface area contributed by atoms with Gasteiger partial charge in [-0.25, -0.2) is 4.98 Å². The maximum absolute atomic E-state index is 5.07. The molecule has 0 aliphatic rings. The first-order valence-corrected chi connectivity index (χ1v) is 5.18. The Morgan fingerprint density at radius 2 is 2.36 bits per heavy atom. The predicted octanol–water partition coefficient (Wildman–Crippen LogP) is 1.97. The van der Waals surface area contributed by atoms with Gasteiger partial charge in [0.15, 0.2) is 10.2 Å². The van der Waals surface area contributed by atoms with Crippen molar-refractivity contribution in [3.8, 4) is 0 Å². The molecule has 62 valence electrons. The highest BCUT2D eigenvalue weighted by molar-refractivity contribution is 8.00. The van der Waals surface area contributed by atoms with Crippen LogP contribution in [0.25, 0.3) is 0 Å². The molecule has 5 heteroatoms. The van der Waals surface area contributed by atoms with Crippen molar-refractivity contribution in [2.45, 2.75) is 17.4 Å². The van der Waals surface area contributed by atoms with Gasteiger partial charge in [-0.1, -0.05) is 11.8 Å². The molecular formula is C6H10N2OS2. The highest BCUT2D eigenvalue weighted by Gasteiger charge is 2.09. The molecule has 1 heterocycles. The van der Waals surface area contributed by atoms with Crippen LogP contribution in [0.15, 0.2) is 4.34 Å². The molecule has 0 saturated carbocycles. The van der Waals surface area contributed by atoms with E-state index in [9.17, 15) is 0 Å². The van der Waals surface area contributed by atoms with E-state index in [1.54, 1.807) is 18.9 Å². The Labute approximate surface area is 74.3 Å². The summed E-state index contributed by atoms with van der Waals surface area (Å²) in [6, 6.07) is 0. The molecule has 0 aliphatic carbocycles. The van der Waals surface area contributed by atoms with Crippen molar-refractivity contribution in [1.82, 2.24) is 9.36 Å². The molecule has 11 heavy (non-hydrogen) atoms. The number of ether oxygens (including phenoxy) is 1. The SMILES string of the molecule is COC(C)c1nsc(SC)n1. The number of methoxy groups -OCH3 is 1. The smallest absolute Gasteiger partial charge is 0.172 e. The number of thioether (sulfide) groups is 1. The van der Waals surface area contributed by atoms with Crippen LogP contribution in [-0.2, 0) is 4.74 Å². The first-order valence-electron chi connectivity index (χ1n) is 3.18. The molecule has 0 spiro atoms. The fourth-order valence-corrected chi connectivity index (χ4v) is 1.66. The van der Waals surface area contributed by atoms with Gasteiger partial charge < -0.3 is 4.74 Å². The average molecular weight is 190 g/mol. The number of nitrogens with zero attached hydrogens (tertiary/aromatic N) is 2. The molecule has 1 aromatic heterocycles. The Morgan fingerprint density at radius 3 is 2.82 bits per heavy atom. The molecule has 0 saturated heterocycles. The third-order valence-electron chi connectivity index (χ3n) is 1.31. The standard InChI is InChI=1S/C6H10N2OS2/c1-4(9-2)5-7-6(10-3)11-8-5/h4H,1-3H3. The molecule has 0 fully saturated rings. The van der Waals surface area contributed by atoms with Crippen molar-refractivity contribution >= 4 is 23.3 Å². The molecule has 0 aliphatic heterocycles. The highest BCUT2D eigenvalue weighted by atomic mass is 32.2. The van der Waals surface area contributed by atoms with E-state index in [4.69, 9.17) is 4.74 Å². The van der Waals surface area contributed by atoms with Gasteiger partial charge in [-0.15, -0.1) is 0 Å². The van der Waals surface area contributed by atoms with Crippen molar-refractivity contribution in [3.63, 3.8) is 0 Å². The predicted molar refractivity (Wildman–Crippen MR) is 47.1 cm³/mol. The topological polar surface area (TPSA) is 35.0 Å². The molecule has 0 radical (unpaired) electrons. The largest absolute Gasteiger partial charge is 0.374 e. The van der Waals surface area contributed by atoms with Crippen molar-refractivity contribution in [2.24, 2.45) is 0 Å². The Hall–Kier alpha value is -0.130. The van der Waals surface area contributed by atoms with Crippen LogP contribution in [0, 0.1) is 0 Å². The third kappa shape index (κ3) is 2.15. The molecule has 1 unspecified atom stereocenters. The van der Waals surface area contributed by atoms with Crippen molar-refractivity contribution < 1.29 is 4.74 Å². The summed E-state index contributed by atoms with van der Waals surface area (Å²) in [5.74, 6) is 0.779. The lowest BCUT2D eigenvalue weighted by Gasteiger charge is -2.01. The summed E-state index contributed by atoms with van der Waals surface area (Å²) in [7, 11) is 1.66. The van der Waals surface area contributed by atoms with Crippen LogP contribution in [0.5, 0.6) is 0 Å². The fraction of sp³-hybridized carbons (Fsp3) is 0.667. The molecule has 1 rings (SSSR count). The summed E-state index contributed by atoms with van der Waals surface area (Å²) in [5.41, 5.74) is 0. The minimum absolute atomic E-state index is 0.00662. The lowest BCUT2D eigenvalue weighted by Crippen LogP contribution is -1.97. The summed E-state index contributed by atoms with van der Waals surface area (Å²) in [4.78, 5) is 4.24. The van der Waals surface area contributed by atoms with E-state index in [2.05, 4.69) is 9.36 Å². The second-order valence-electron chi connectivity index (χ2n) is 2.00. The van der Waals surface area contributed by atoms with Crippen LogP contribution in [0.2, 0.25) is 0 Å². The first kappa shape index (κ1) is 8.96. The second kappa shape index (κ2) is 4.04. The first-order chi connectivity index (χ1) is 5.27. The average Bonchev–Trinajstić information content (AvgIpc) is 2.50. The zero-order valence-corrected chi connectivity index (χ0v) is 8.33. The maximum Gasteiger partial charge on any atom is 0.172 e. The Kier molecular flexibility index (Phi) is 3.29. The van der Waals surface area contributed by atoms with E-state index in [0.29, 0.717) is 0 Å². The molecule has 1 aromatic rings. The zero-order valence-electron chi connectivity index (χ0n) is 6.70. The fourth-order valence-electron chi connectivity index (χ4n) is 0.574. The molecule has 0 N–H and O–H groups in total. The lowest BCUT2D eigenvalue weighted by atomic mass is 10.4. The van der Waals surface area contributed by atoms with Gasteiger partial charge in [0, 0.05) is 7.11 Å². The quantitative estimate of drug-likeness (QED) is 0.683. The van der Waals surface area contributed by atoms with Crippen LogP contribution in [-0.4, -0.2) is 22.7 Å². The van der Waals surface area contributed by atoms with Crippen LogP contribution < -0.4 is 0 Å².